The maximum Gasteiger partial charge on any atom is 0.259 e. The second-order valence-corrected chi connectivity index (χ2v) is 7.42. The van der Waals surface area contributed by atoms with E-state index < -0.39 is 0 Å². The molecule has 4 rings (SSSR count). The summed E-state index contributed by atoms with van der Waals surface area (Å²) >= 11 is 0. The van der Waals surface area contributed by atoms with E-state index in [0.717, 1.165) is 41.8 Å². The lowest BCUT2D eigenvalue weighted by Gasteiger charge is -2.30. The highest BCUT2D eigenvalue weighted by atomic mass is 16.2. The van der Waals surface area contributed by atoms with Crippen molar-refractivity contribution in [3.63, 3.8) is 0 Å². The number of pyridine rings is 1. The first-order chi connectivity index (χ1) is 12.5. The third kappa shape index (κ3) is 2.68. The Labute approximate surface area is 153 Å². The summed E-state index contributed by atoms with van der Waals surface area (Å²) in [6, 6.07) is 8.43. The number of hydrogen-bond acceptors (Lipinski definition) is 3. The molecule has 0 N–H and O–H groups in total. The molecule has 1 aromatic carbocycles. The molecule has 1 amide bonds. The molecular formula is C21H24N4O. The highest BCUT2D eigenvalue weighted by molar-refractivity contribution is 6.13. The standard InChI is InChI=1S/C21H24N4O/c1-13(2)25-20-18(12-22-25)17(11-15(4)23-20)21(26)24-9-5-6-16-10-14(3)7-8-19(16)24/h7-8,10-13H,5-6,9H2,1-4H3. The summed E-state index contributed by atoms with van der Waals surface area (Å²) in [5.74, 6) is 0.0357. The van der Waals surface area contributed by atoms with Gasteiger partial charge in [-0.1, -0.05) is 17.7 Å². The van der Waals surface area contributed by atoms with Gasteiger partial charge in [0.1, 0.15) is 0 Å². The van der Waals surface area contributed by atoms with Crippen LogP contribution in [0.5, 0.6) is 0 Å². The largest absolute Gasteiger partial charge is 0.308 e. The van der Waals surface area contributed by atoms with Crippen LogP contribution in [-0.4, -0.2) is 27.2 Å². The number of carbonyl (C=O) groups is 1. The number of aromatic nitrogens is 3. The molecule has 0 atom stereocenters. The molecule has 3 aromatic rings. The molecule has 0 spiro atoms. The fraction of sp³-hybridized carbons (Fsp3) is 0.381. The van der Waals surface area contributed by atoms with Crippen LogP contribution in [0.1, 0.15) is 53.5 Å². The van der Waals surface area contributed by atoms with Crippen LogP contribution in [0.3, 0.4) is 0 Å². The Morgan fingerprint density at radius 1 is 1.19 bits per heavy atom. The fourth-order valence-electron chi connectivity index (χ4n) is 3.78. The molecule has 0 saturated carbocycles. The number of amides is 1. The van der Waals surface area contributed by atoms with Gasteiger partial charge in [-0.05, 0) is 58.2 Å². The molecule has 0 fully saturated rings. The van der Waals surface area contributed by atoms with Crippen LogP contribution in [0.4, 0.5) is 5.69 Å². The molecule has 0 aliphatic carbocycles. The van der Waals surface area contributed by atoms with Crippen molar-refractivity contribution in [3.8, 4) is 0 Å². The molecule has 1 aliphatic heterocycles. The number of aryl methyl sites for hydroxylation is 3. The molecule has 3 heterocycles. The van der Waals surface area contributed by atoms with Gasteiger partial charge in [0.05, 0.1) is 17.1 Å². The third-order valence-corrected chi connectivity index (χ3v) is 5.01. The van der Waals surface area contributed by atoms with E-state index in [1.54, 1.807) is 6.20 Å². The Hall–Kier alpha value is -2.69. The number of nitrogens with zero attached hydrogens (tertiary/aromatic N) is 4. The van der Waals surface area contributed by atoms with Gasteiger partial charge in [0, 0.05) is 24.0 Å². The zero-order chi connectivity index (χ0) is 18.4. The minimum Gasteiger partial charge on any atom is -0.308 e. The maximum absolute atomic E-state index is 13.5. The molecule has 0 bridgehead atoms. The SMILES string of the molecule is Cc1ccc2c(c1)CCCN2C(=O)c1cc(C)nc2c1cnn2C(C)C. The topological polar surface area (TPSA) is 51.0 Å². The van der Waals surface area contributed by atoms with Crippen LogP contribution in [0, 0.1) is 13.8 Å². The average Bonchev–Trinajstić information content (AvgIpc) is 3.03. The third-order valence-electron chi connectivity index (χ3n) is 5.01. The molecular weight excluding hydrogens is 324 g/mol. The van der Waals surface area contributed by atoms with E-state index in [9.17, 15) is 4.79 Å². The average molecular weight is 348 g/mol. The van der Waals surface area contributed by atoms with Crippen molar-refractivity contribution in [2.45, 2.75) is 46.6 Å². The zero-order valence-electron chi connectivity index (χ0n) is 15.8. The van der Waals surface area contributed by atoms with Gasteiger partial charge in [-0.3, -0.25) is 4.79 Å². The van der Waals surface area contributed by atoms with Gasteiger partial charge >= 0.3 is 0 Å². The number of hydrogen-bond donors (Lipinski definition) is 0. The predicted molar refractivity (Wildman–Crippen MR) is 104 cm³/mol. The second kappa shape index (κ2) is 6.24. The van der Waals surface area contributed by atoms with Gasteiger partial charge in [-0.2, -0.15) is 5.10 Å². The van der Waals surface area contributed by atoms with Crippen molar-refractivity contribution in [1.29, 1.82) is 0 Å². The molecule has 5 heteroatoms. The number of fused-ring (bicyclic) bond motifs is 2. The number of benzene rings is 1. The molecule has 26 heavy (non-hydrogen) atoms. The van der Waals surface area contributed by atoms with Gasteiger partial charge in [-0.25, -0.2) is 9.67 Å². The Bertz CT molecular complexity index is 1000. The summed E-state index contributed by atoms with van der Waals surface area (Å²) in [5.41, 5.74) is 5.83. The zero-order valence-corrected chi connectivity index (χ0v) is 15.8. The molecule has 5 nitrogen and oxygen atoms in total. The van der Waals surface area contributed by atoms with Crippen molar-refractivity contribution >= 4 is 22.6 Å². The van der Waals surface area contributed by atoms with E-state index in [1.165, 1.54) is 11.1 Å². The van der Waals surface area contributed by atoms with Crippen molar-refractivity contribution in [1.82, 2.24) is 14.8 Å². The Morgan fingerprint density at radius 3 is 2.77 bits per heavy atom. The first-order valence-electron chi connectivity index (χ1n) is 9.22. The summed E-state index contributed by atoms with van der Waals surface area (Å²) in [6.45, 7) is 8.91. The molecule has 1 aliphatic rings. The van der Waals surface area contributed by atoms with Crippen LogP contribution in [0.15, 0.2) is 30.5 Å². The highest BCUT2D eigenvalue weighted by Crippen LogP contribution is 2.31. The van der Waals surface area contributed by atoms with E-state index >= 15 is 0 Å². The quantitative estimate of drug-likeness (QED) is 0.697. The van der Waals surface area contributed by atoms with Gasteiger partial charge in [0.25, 0.3) is 5.91 Å². The van der Waals surface area contributed by atoms with Crippen molar-refractivity contribution in [2.75, 3.05) is 11.4 Å². The van der Waals surface area contributed by atoms with Crippen molar-refractivity contribution in [3.05, 3.63) is 52.8 Å². The smallest absolute Gasteiger partial charge is 0.259 e. The Kier molecular flexibility index (Phi) is 4.02. The maximum atomic E-state index is 13.5. The lowest BCUT2D eigenvalue weighted by molar-refractivity contribution is 0.0986. The Morgan fingerprint density at radius 2 is 2.00 bits per heavy atom. The number of anilines is 1. The van der Waals surface area contributed by atoms with Crippen LogP contribution >= 0.6 is 0 Å². The minimum atomic E-state index is 0.0357. The van der Waals surface area contributed by atoms with Gasteiger partial charge in [0.2, 0.25) is 0 Å². The minimum absolute atomic E-state index is 0.0357. The summed E-state index contributed by atoms with van der Waals surface area (Å²) < 4.78 is 1.88. The molecule has 0 radical (unpaired) electrons. The summed E-state index contributed by atoms with van der Waals surface area (Å²) in [4.78, 5) is 20.0. The number of rotatable bonds is 2. The van der Waals surface area contributed by atoms with Gasteiger partial charge < -0.3 is 4.90 Å². The lowest BCUT2D eigenvalue weighted by Crippen LogP contribution is -2.35. The van der Waals surface area contributed by atoms with Crippen LogP contribution < -0.4 is 4.90 Å². The first-order valence-corrected chi connectivity index (χ1v) is 9.22. The Balaban J connectivity index is 1.83. The van der Waals surface area contributed by atoms with Crippen LogP contribution in [0.2, 0.25) is 0 Å². The van der Waals surface area contributed by atoms with Gasteiger partial charge in [0.15, 0.2) is 5.65 Å². The number of carbonyl (C=O) groups excluding carboxylic acids is 1. The van der Waals surface area contributed by atoms with Crippen molar-refractivity contribution < 1.29 is 4.79 Å². The highest BCUT2D eigenvalue weighted by Gasteiger charge is 2.26. The summed E-state index contributed by atoms with van der Waals surface area (Å²) in [6.07, 6.45) is 3.78. The lowest BCUT2D eigenvalue weighted by atomic mass is 9.98. The normalized spacial score (nSPS) is 14.1. The summed E-state index contributed by atoms with van der Waals surface area (Å²) in [5, 5.41) is 5.29. The predicted octanol–water partition coefficient (Wildman–Crippen LogP) is 4.22. The van der Waals surface area contributed by atoms with E-state index in [4.69, 9.17) is 0 Å². The fourth-order valence-corrected chi connectivity index (χ4v) is 3.78. The molecule has 0 unspecified atom stereocenters. The molecule has 2 aromatic heterocycles. The molecule has 134 valence electrons. The molecule has 0 saturated heterocycles. The monoisotopic (exact) mass is 348 g/mol. The second-order valence-electron chi connectivity index (χ2n) is 7.42. The van der Waals surface area contributed by atoms with E-state index in [1.807, 2.05) is 22.6 Å². The van der Waals surface area contributed by atoms with E-state index in [0.29, 0.717) is 5.56 Å². The van der Waals surface area contributed by atoms with Crippen molar-refractivity contribution in [2.24, 2.45) is 0 Å². The summed E-state index contributed by atoms with van der Waals surface area (Å²) in [7, 11) is 0. The van der Waals surface area contributed by atoms with Crippen LogP contribution in [0.25, 0.3) is 11.0 Å². The van der Waals surface area contributed by atoms with Gasteiger partial charge in [-0.15, -0.1) is 0 Å². The van der Waals surface area contributed by atoms with Crippen LogP contribution in [-0.2, 0) is 6.42 Å². The van der Waals surface area contributed by atoms with E-state index in [-0.39, 0.29) is 11.9 Å². The van der Waals surface area contributed by atoms with E-state index in [2.05, 4.69) is 49.1 Å². The first kappa shape index (κ1) is 16.8.